The maximum Gasteiger partial charge on any atom is 0.213 e. The molecular formula is C118H124N4+4. The van der Waals surface area contributed by atoms with Crippen molar-refractivity contribution in [3.63, 3.8) is 0 Å². The Labute approximate surface area is 728 Å². The molecule has 10 aromatic carbocycles. The van der Waals surface area contributed by atoms with Gasteiger partial charge >= 0.3 is 0 Å². The number of fused-ring (bicyclic) bond motifs is 22. The van der Waals surface area contributed by atoms with E-state index in [9.17, 15) is 0 Å². The Morgan fingerprint density at radius 3 is 1.20 bits per heavy atom. The molecule has 4 bridgehead atoms. The second kappa shape index (κ2) is 29.2. The molecule has 0 radical (unpaired) electrons. The summed E-state index contributed by atoms with van der Waals surface area (Å²) < 4.78 is 9.42. The number of hydrogen-bond acceptors (Lipinski definition) is 0. The van der Waals surface area contributed by atoms with E-state index in [1.165, 1.54) is 260 Å². The molecule has 14 aromatic rings. The van der Waals surface area contributed by atoms with Gasteiger partial charge in [0.05, 0.1) is 22.3 Å². The van der Waals surface area contributed by atoms with E-state index in [0.717, 1.165) is 25.7 Å². The van der Waals surface area contributed by atoms with Crippen LogP contribution in [0.4, 0.5) is 0 Å². The highest BCUT2D eigenvalue weighted by atomic mass is 14.9. The molecule has 122 heavy (non-hydrogen) atoms. The first kappa shape index (κ1) is 80.5. The highest BCUT2D eigenvalue weighted by molar-refractivity contribution is 5.93. The largest absolute Gasteiger partial charge is 0.213 e. The molecule has 0 N–H and O–H groups in total. The zero-order valence-corrected chi connectivity index (χ0v) is 77.2. The van der Waals surface area contributed by atoms with Crippen LogP contribution in [0, 0.1) is 108 Å². The molecule has 4 heterocycles. The zero-order chi connectivity index (χ0) is 85.7. The van der Waals surface area contributed by atoms with Gasteiger partial charge in [0.2, 0.25) is 22.8 Å². The van der Waals surface area contributed by atoms with E-state index in [1.54, 1.807) is 22.3 Å². The predicted molar refractivity (Wildman–Crippen MR) is 509 cm³/mol. The van der Waals surface area contributed by atoms with Crippen molar-refractivity contribution in [2.24, 2.45) is 39.0 Å². The number of rotatable bonds is 6. The molecule has 8 aliphatic rings. The summed E-state index contributed by atoms with van der Waals surface area (Å²) in [6.45, 7) is 46.4. The van der Waals surface area contributed by atoms with E-state index >= 15 is 0 Å². The minimum atomic E-state index is 0.306. The molecule has 612 valence electrons. The number of aromatic nitrogens is 4. The molecule has 4 atom stereocenters. The number of hydrogen-bond donors (Lipinski definition) is 0. The third kappa shape index (κ3) is 12.3. The average molecular weight is 1600 g/mol. The van der Waals surface area contributed by atoms with Crippen LogP contribution in [0.25, 0.3) is 112 Å². The average Bonchev–Trinajstić information content (AvgIpc) is 1.53. The van der Waals surface area contributed by atoms with Crippen LogP contribution in [-0.2, 0) is 64.7 Å². The van der Waals surface area contributed by atoms with E-state index in [1.807, 2.05) is 0 Å². The maximum atomic E-state index is 2.57. The zero-order valence-electron chi connectivity index (χ0n) is 77.2. The van der Waals surface area contributed by atoms with Crippen LogP contribution < -0.4 is 18.3 Å². The monoisotopic (exact) mass is 1600 g/mol. The SMILES string of the molecule is Cc1cc(-c2c(C)ccc3c2Cc2c(-c4ccccc4C)cccc2-3)[n+](C)cc1C.Cc1cc(-c2c(C)ccc3c2Cc2cc(-c4ccccc4C)ccc2-3)[n+](C)cc1C.Cc1ccc2c(c1)-c1c(C)cc(C)c(-c3cc4c(c[n+]3C)C3(C)CCC4C3(C)C)c1C2.Cc1cccc2c1Cc1c-2c(C)cc(C)c1-c1cc2c(c[n+]1C)C1(C)CCC2C1(C)C. The quantitative estimate of drug-likeness (QED) is 0.148. The van der Waals surface area contributed by atoms with Gasteiger partial charge < -0.3 is 0 Å². The van der Waals surface area contributed by atoms with Gasteiger partial charge in [0.15, 0.2) is 24.8 Å². The molecule has 4 unspecified atom stereocenters. The molecule has 0 saturated heterocycles. The van der Waals surface area contributed by atoms with Crippen LogP contribution in [0.15, 0.2) is 207 Å². The number of benzene rings is 10. The summed E-state index contributed by atoms with van der Waals surface area (Å²) in [6.07, 6.45) is 18.9. The van der Waals surface area contributed by atoms with Crippen LogP contribution >= 0.6 is 0 Å². The summed E-state index contributed by atoms with van der Waals surface area (Å²) in [5.41, 5.74) is 66.6. The van der Waals surface area contributed by atoms with Crippen LogP contribution in [-0.4, -0.2) is 0 Å². The number of nitrogens with zero attached hydrogens (tertiary/aromatic N) is 4. The van der Waals surface area contributed by atoms with Crippen molar-refractivity contribution in [1.82, 2.24) is 0 Å². The second-order valence-corrected chi connectivity index (χ2v) is 40.2. The van der Waals surface area contributed by atoms with Crippen LogP contribution in [0.5, 0.6) is 0 Å². The molecule has 4 heteroatoms. The molecular weight excluding hydrogens is 1470 g/mol. The fourth-order valence-electron chi connectivity index (χ4n) is 24.9. The first-order chi connectivity index (χ1) is 58.2. The van der Waals surface area contributed by atoms with Gasteiger partial charge in [-0.05, 0) is 348 Å². The molecule has 0 spiro atoms. The molecule has 22 rings (SSSR count). The van der Waals surface area contributed by atoms with Crippen molar-refractivity contribution in [3.8, 4) is 112 Å². The normalized spacial score (nSPS) is 18.3. The molecule has 0 amide bonds. The Bertz CT molecular complexity index is 6820. The summed E-state index contributed by atoms with van der Waals surface area (Å²) in [7, 11) is 8.85. The summed E-state index contributed by atoms with van der Waals surface area (Å²) >= 11 is 0. The minimum absolute atomic E-state index is 0.306. The Kier molecular flexibility index (Phi) is 19.3. The molecule has 8 aliphatic carbocycles. The van der Waals surface area contributed by atoms with Crippen molar-refractivity contribution in [2.45, 2.75) is 213 Å². The highest BCUT2D eigenvalue weighted by Crippen LogP contribution is 2.69. The third-order valence-corrected chi connectivity index (χ3v) is 32.6. The summed E-state index contributed by atoms with van der Waals surface area (Å²) in [4.78, 5) is 0. The van der Waals surface area contributed by atoms with Gasteiger partial charge in [-0.3, -0.25) is 0 Å². The van der Waals surface area contributed by atoms with Crippen molar-refractivity contribution in [2.75, 3.05) is 0 Å². The van der Waals surface area contributed by atoms with Gasteiger partial charge in [-0.15, -0.1) is 0 Å². The molecule has 4 nitrogen and oxygen atoms in total. The van der Waals surface area contributed by atoms with E-state index in [2.05, 4.69) is 392 Å². The lowest BCUT2D eigenvalue weighted by molar-refractivity contribution is -0.661. The van der Waals surface area contributed by atoms with Gasteiger partial charge in [0.1, 0.15) is 28.2 Å². The summed E-state index contributed by atoms with van der Waals surface area (Å²) in [5.74, 6) is 1.37. The van der Waals surface area contributed by atoms with Gasteiger partial charge in [-0.1, -0.05) is 205 Å². The first-order valence-corrected chi connectivity index (χ1v) is 45.3. The lowest BCUT2D eigenvalue weighted by Crippen LogP contribution is -2.36. The van der Waals surface area contributed by atoms with Crippen LogP contribution in [0.3, 0.4) is 0 Å². The van der Waals surface area contributed by atoms with E-state index < -0.39 is 0 Å². The minimum Gasteiger partial charge on any atom is -0.201 e. The maximum absolute atomic E-state index is 2.57. The predicted octanol–water partition coefficient (Wildman–Crippen LogP) is 27.0. The number of pyridine rings is 4. The van der Waals surface area contributed by atoms with Gasteiger partial charge in [0.25, 0.3) is 0 Å². The summed E-state index contributed by atoms with van der Waals surface area (Å²) in [6, 6.07) is 68.9. The number of aryl methyl sites for hydroxylation is 18. The Morgan fingerprint density at radius 1 is 0.254 bits per heavy atom. The van der Waals surface area contributed by atoms with E-state index in [4.69, 9.17) is 0 Å². The van der Waals surface area contributed by atoms with Crippen molar-refractivity contribution in [1.29, 1.82) is 0 Å². The van der Waals surface area contributed by atoms with Crippen molar-refractivity contribution < 1.29 is 18.3 Å². The van der Waals surface area contributed by atoms with Crippen molar-refractivity contribution in [3.05, 3.63) is 351 Å². The fourth-order valence-corrected chi connectivity index (χ4v) is 24.9. The fraction of sp³-hybridized carbons (Fsp3) is 0.322. The Morgan fingerprint density at radius 2 is 0.656 bits per heavy atom. The molecule has 0 aliphatic heterocycles. The smallest absolute Gasteiger partial charge is 0.201 e. The van der Waals surface area contributed by atoms with Crippen LogP contribution in [0.1, 0.15) is 224 Å². The van der Waals surface area contributed by atoms with Gasteiger partial charge in [0, 0.05) is 63.8 Å². The topological polar surface area (TPSA) is 15.5 Å². The van der Waals surface area contributed by atoms with Gasteiger partial charge in [-0.2, -0.15) is 0 Å². The third-order valence-electron chi connectivity index (χ3n) is 32.6. The molecule has 4 aromatic heterocycles. The standard InChI is InChI=1S/2C30H34N.2C29H28N/c1-17-8-9-20-14-23-27(21(20)12-17)18(2)13-19(3)28(23)26-15-22-24-10-11-30(6,29(24,4)5)25(22)16-31(26)7;1-17-9-8-10-20-21(17)14-23-27(20)18(2)13-19(3)28(23)26-15-22-24-11-12-30(6,29(24,4)5)25(22)16-31(26)7;1-18-9-6-7-10-22(18)23-11-8-12-24-25-14-13-19(2)29(27(25)16-26(23)24)28-15-20(3)21(4)17-30(28)5;1-18-8-6-7-9-24(18)22-11-13-25-23(15-22)16-27-26(25)12-10-19(2)29(27)28-14-20(3)21(4)17-30(28)5/h8-9,12-13,15-16,24H,10-11,14H2,1-7H3;8-10,13,15-16,24H,11-12,14H2,1-7H3;2*6-15,17H,16H2,1-5H3/q4*+1. The lowest BCUT2D eigenvalue weighted by atomic mass is 9.69. The second-order valence-electron chi connectivity index (χ2n) is 40.2. The van der Waals surface area contributed by atoms with Gasteiger partial charge in [-0.25, -0.2) is 18.3 Å². The molecule has 2 saturated carbocycles. The Balaban J connectivity index is 0.000000107. The summed E-state index contributed by atoms with van der Waals surface area (Å²) in [5, 5.41) is 0. The van der Waals surface area contributed by atoms with E-state index in [-0.39, 0.29) is 0 Å². The first-order valence-electron chi connectivity index (χ1n) is 45.3. The van der Waals surface area contributed by atoms with Crippen molar-refractivity contribution >= 4 is 0 Å². The van der Waals surface area contributed by atoms with E-state index in [0.29, 0.717) is 33.5 Å². The molecule has 2 fully saturated rings. The van der Waals surface area contributed by atoms with Crippen LogP contribution in [0.2, 0.25) is 0 Å². The Hall–Kier alpha value is -11.2. The highest BCUT2D eigenvalue weighted by Gasteiger charge is 2.62. The lowest BCUT2D eigenvalue weighted by Gasteiger charge is -2.34.